The molecule has 3 aromatic rings. The van der Waals surface area contributed by atoms with Crippen molar-refractivity contribution in [2.75, 3.05) is 18.6 Å². The van der Waals surface area contributed by atoms with Crippen molar-refractivity contribution >= 4 is 16.6 Å². The van der Waals surface area contributed by atoms with Gasteiger partial charge in [0.05, 0.1) is 11.7 Å². The number of rotatable bonds is 5. The van der Waals surface area contributed by atoms with Crippen LogP contribution in [-0.4, -0.2) is 35.6 Å². The van der Waals surface area contributed by atoms with E-state index >= 15 is 0 Å². The average molecular weight is 420 g/mol. The summed E-state index contributed by atoms with van der Waals surface area (Å²) in [5, 5.41) is 5.83. The molecule has 1 unspecified atom stereocenters. The van der Waals surface area contributed by atoms with Crippen LogP contribution < -0.4 is 9.64 Å². The van der Waals surface area contributed by atoms with Crippen LogP contribution in [0.1, 0.15) is 56.7 Å². The topological polar surface area (TPSA) is 39.5 Å². The number of anilines is 1. The SMILES string of the molecule is Cc1c(O[C@H]2CCC[C@@H](N(C)c3ccccc3)C2)ccc2c1cnn2C1CCCCO1. The van der Waals surface area contributed by atoms with Crippen LogP contribution in [-0.2, 0) is 4.74 Å². The zero-order chi connectivity index (χ0) is 21.2. The smallest absolute Gasteiger partial charge is 0.150 e. The predicted octanol–water partition coefficient (Wildman–Crippen LogP) is 5.87. The van der Waals surface area contributed by atoms with Gasteiger partial charge >= 0.3 is 0 Å². The molecule has 2 heterocycles. The van der Waals surface area contributed by atoms with Gasteiger partial charge in [-0.2, -0.15) is 5.10 Å². The lowest BCUT2D eigenvalue weighted by Gasteiger charge is -2.37. The van der Waals surface area contributed by atoms with Crippen molar-refractivity contribution in [2.24, 2.45) is 0 Å². The average Bonchev–Trinajstić information content (AvgIpc) is 3.27. The van der Waals surface area contributed by atoms with Crippen LogP contribution >= 0.6 is 0 Å². The first-order valence-electron chi connectivity index (χ1n) is 11.7. The molecule has 1 aliphatic carbocycles. The number of para-hydroxylation sites is 1. The highest BCUT2D eigenvalue weighted by Gasteiger charge is 2.27. The van der Waals surface area contributed by atoms with E-state index in [0.29, 0.717) is 6.04 Å². The zero-order valence-electron chi connectivity index (χ0n) is 18.7. The quantitative estimate of drug-likeness (QED) is 0.518. The first-order valence-corrected chi connectivity index (χ1v) is 11.7. The molecule has 0 bridgehead atoms. The van der Waals surface area contributed by atoms with Gasteiger partial charge in [0.1, 0.15) is 11.9 Å². The third-order valence-corrected chi connectivity index (χ3v) is 7.03. The van der Waals surface area contributed by atoms with E-state index in [4.69, 9.17) is 9.47 Å². The molecule has 1 saturated carbocycles. The lowest BCUT2D eigenvalue weighted by atomic mass is 9.91. The fourth-order valence-corrected chi connectivity index (χ4v) is 5.15. The van der Waals surface area contributed by atoms with Gasteiger partial charge in [-0.1, -0.05) is 18.2 Å². The van der Waals surface area contributed by atoms with Crippen molar-refractivity contribution in [1.82, 2.24) is 9.78 Å². The summed E-state index contributed by atoms with van der Waals surface area (Å²) in [6, 6.07) is 15.5. The molecule has 5 rings (SSSR count). The first-order chi connectivity index (χ1) is 15.2. The molecule has 1 saturated heterocycles. The van der Waals surface area contributed by atoms with Gasteiger partial charge in [0, 0.05) is 42.8 Å². The minimum atomic E-state index is 0.0602. The lowest BCUT2D eigenvalue weighted by molar-refractivity contribution is -0.0366. The molecule has 164 valence electrons. The highest BCUT2D eigenvalue weighted by Crippen LogP contribution is 2.34. The zero-order valence-corrected chi connectivity index (χ0v) is 18.7. The molecule has 31 heavy (non-hydrogen) atoms. The molecule has 5 heteroatoms. The van der Waals surface area contributed by atoms with Crippen LogP contribution in [0.3, 0.4) is 0 Å². The van der Waals surface area contributed by atoms with Gasteiger partial charge in [-0.3, -0.25) is 0 Å². The molecule has 2 fully saturated rings. The monoisotopic (exact) mass is 419 g/mol. The largest absolute Gasteiger partial charge is 0.490 e. The van der Waals surface area contributed by atoms with Crippen molar-refractivity contribution in [3.05, 3.63) is 54.2 Å². The molecule has 1 aromatic heterocycles. The Bertz CT molecular complexity index is 1010. The number of nitrogens with zero attached hydrogens (tertiary/aromatic N) is 3. The number of benzene rings is 2. The van der Waals surface area contributed by atoms with E-state index in [1.807, 2.05) is 6.20 Å². The standard InChI is InChI=1S/C26H33N3O2/c1-19-23-18-27-29(26-13-6-7-16-30-26)24(23)14-15-25(19)31-22-12-8-11-21(17-22)28(2)20-9-4-3-5-10-20/h3-5,9-10,14-15,18,21-22,26H,6-8,11-13,16-17H2,1-2H3/t21-,22+,26?/m1/s1. The Balaban J connectivity index is 1.31. The highest BCUT2D eigenvalue weighted by atomic mass is 16.5. The summed E-state index contributed by atoms with van der Waals surface area (Å²) >= 11 is 0. The van der Waals surface area contributed by atoms with Gasteiger partial charge in [-0.15, -0.1) is 0 Å². The van der Waals surface area contributed by atoms with E-state index in [-0.39, 0.29) is 12.3 Å². The Hall–Kier alpha value is -2.53. The fourth-order valence-electron chi connectivity index (χ4n) is 5.15. The van der Waals surface area contributed by atoms with Gasteiger partial charge in [0.2, 0.25) is 0 Å². The summed E-state index contributed by atoms with van der Waals surface area (Å²) in [6.07, 6.45) is 10.3. The number of aryl methyl sites for hydroxylation is 1. The summed E-state index contributed by atoms with van der Waals surface area (Å²) in [4.78, 5) is 2.42. The number of hydrogen-bond acceptors (Lipinski definition) is 4. The third-order valence-electron chi connectivity index (χ3n) is 7.03. The van der Waals surface area contributed by atoms with Crippen LogP contribution in [0, 0.1) is 6.92 Å². The number of hydrogen-bond donors (Lipinski definition) is 0. The molecule has 0 amide bonds. The van der Waals surface area contributed by atoms with Crippen molar-refractivity contribution in [2.45, 2.75) is 70.2 Å². The van der Waals surface area contributed by atoms with Crippen molar-refractivity contribution in [3.8, 4) is 5.75 Å². The van der Waals surface area contributed by atoms with E-state index in [0.717, 1.165) is 43.6 Å². The lowest BCUT2D eigenvalue weighted by Crippen LogP contribution is -2.39. The molecule has 0 radical (unpaired) electrons. The third kappa shape index (κ3) is 4.16. The summed E-state index contributed by atoms with van der Waals surface area (Å²) in [5.74, 6) is 0.990. The Morgan fingerprint density at radius 2 is 1.90 bits per heavy atom. The van der Waals surface area contributed by atoms with Gasteiger partial charge in [0.15, 0.2) is 6.23 Å². The van der Waals surface area contributed by atoms with Gasteiger partial charge in [0.25, 0.3) is 0 Å². The van der Waals surface area contributed by atoms with Gasteiger partial charge in [-0.25, -0.2) is 4.68 Å². The van der Waals surface area contributed by atoms with Crippen LogP contribution in [0.25, 0.3) is 10.9 Å². The van der Waals surface area contributed by atoms with Crippen LogP contribution in [0.2, 0.25) is 0 Å². The van der Waals surface area contributed by atoms with Gasteiger partial charge < -0.3 is 14.4 Å². The molecule has 0 N–H and O–H groups in total. The minimum Gasteiger partial charge on any atom is -0.490 e. The molecule has 2 aliphatic rings. The van der Waals surface area contributed by atoms with Crippen LogP contribution in [0.4, 0.5) is 5.69 Å². The molecule has 1 aliphatic heterocycles. The number of aromatic nitrogens is 2. The second kappa shape index (κ2) is 8.91. The molecular formula is C26H33N3O2. The van der Waals surface area contributed by atoms with Gasteiger partial charge in [-0.05, 0) is 69.7 Å². The van der Waals surface area contributed by atoms with Crippen molar-refractivity contribution in [1.29, 1.82) is 0 Å². The second-order valence-corrected chi connectivity index (χ2v) is 9.04. The molecule has 2 aromatic carbocycles. The first kappa shape index (κ1) is 20.4. The maximum absolute atomic E-state index is 6.57. The highest BCUT2D eigenvalue weighted by molar-refractivity contribution is 5.84. The summed E-state index contributed by atoms with van der Waals surface area (Å²) in [7, 11) is 2.21. The Labute approximate surface area is 184 Å². The van der Waals surface area contributed by atoms with Crippen LogP contribution in [0.5, 0.6) is 5.75 Å². The Morgan fingerprint density at radius 3 is 2.71 bits per heavy atom. The van der Waals surface area contributed by atoms with E-state index in [1.165, 1.54) is 35.9 Å². The fraction of sp³-hybridized carbons (Fsp3) is 0.500. The maximum atomic E-state index is 6.57. The Kier molecular flexibility index (Phi) is 5.86. The summed E-state index contributed by atoms with van der Waals surface area (Å²) in [5.41, 5.74) is 3.60. The second-order valence-electron chi connectivity index (χ2n) is 9.04. The van der Waals surface area contributed by atoms with Crippen molar-refractivity contribution in [3.63, 3.8) is 0 Å². The molecule has 3 atom stereocenters. The van der Waals surface area contributed by atoms with E-state index in [2.05, 4.69) is 71.1 Å². The molecule has 5 nitrogen and oxygen atoms in total. The van der Waals surface area contributed by atoms with E-state index in [1.54, 1.807) is 0 Å². The maximum Gasteiger partial charge on any atom is 0.150 e. The normalized spacial score (nSPS) is 24.3. The van der Waals surface area contributed by atoms with Crippen molar-refractivity contribution < 1.29 is 9.47 Å². The molecular weight excluding hydrogens is 386 g/mol. The number of fused-ring (bicyclic) bond motifs is 1. The minimum absolute atomic E-state index is 0.0602. The summed E-state index contributed by atoms with van der Waals surface area (Å²) in [6.45, 7) is 2.98. The molecule has 0 spiro atoms. The summed E-state index contributed by atoms with van der Waals surface area (Å²) < 4.78 is 14.6. The Morgan fingerprint density at radius 1 is 1.03 bits per heavy atom. The van der Waals surface area contributed by atoms with Crippen LogP contribution in [0.15, 0.2) is 48.7 Å². The predicted molar refractivity (Wildman–Crippen MR) is 125 cm³/mol. The van der Waals surface area contributed by atoms with E-state index < -0.39 is 0 Å². The van der Waals surface area contributed by atoms with E-state index in [9.17, 15) is 0 Å². The number of ether oxygens (including phenoxy) is 2.